The van der Waals surface area contributed by atoms with E-state index in [0.29, 0.717) is 29.6 Å². The topological polar surface area (TPSA) is 75.0 Å². The minimum Gasteiger partial charge on any atom is -0.418 e. The fourth-order valence-corrected chi connectivity index (χ4v) is 1.84. The number of hydrogen-bond acceptors (Lipinski definition) is 5. The number of aromatic amines is 1. The Bertz CT molecular complexity index is 569. The van der Waals surface area contributed by atoms with Gasteiger partial charge in [0.2, 0.25) is 5.89 Å². The molecule has 0 aromatic carbocycles. The van der Waals surface area contributed by atoms with Crippen LogP contribution in [0.4, 0.5) is 0 Å². The van der Waals surface area contributed by atoms with E-state index in [0.717, 1.165) is 17.5 Å². The number of aromatic nitrogens is 3. The molecule has 2 rings (SSSR count). The molecule has 0 saturated heterocycles. The van der Waals surface area contributed by atoms with Gasteiger partial charge in [0.05, 0.1) is 6.54 Å². The van der Waals surface area contributed by atoms with Crippen molar-refractivity contribution in [3.8, 4) is 11.6 Å². The number of H-pyrrole nitrogens is 1. The molecule has 6 heteroatoms. The van der Waals surface area contributed by atoms with Gasteiger partial charge in [-0.15, -0.1) is 10.2 Å². The van der Waals surface area contributed by atoms with Crippen LogP contribution in [0.2, 0.25) is 0 Å². The van der Waals surface area contributed by atoms with Crippen LogP contribution in [0, 0.1) is 13.8 Å². The summed E-state index contributed by atoms with van der Waals surface area (Å²) in [5, 5.41) is 7.97. The van der Waals surface area contributed by atoms with Crippen LogP contribution in [0.25, 0.3) is 11.6 Å². The second kappa shape index (κ2) is 4.73. The van der Waals surface area contributed by atoms with Crippen LogP contribution in [0.1, 0.15) is 27.5 Å². The molecule has 2 aromatic heterocycles. The zero-order valence-electron chi connectivity index (χ0n) is 10.9. The number of nitrogens with one attached hydrogen (secondary N) is 1. The van der Waals surface area contributed by atoms with Crippen molar-refractivity contribution >= 4 is 6.29 Å². The third-order valence-electron chi connectivity index (χ3n) is 2.75. The lowest BCUT2D eigenvalue weighted by Crippen LogP contribution is -2.10. The molecule has 96 valence electrons. The highest BCUT2D eigenvalue weighted by Crippen LogP contribution is 2.25. The van der Waals surface area contributed by atoms with Crippen molar-refractivity contribution in [3.63, 3.8) is 0 Å². The monoisotopic (exact) mass is 248 g/mol. The second-order valence-electron chi connectivity index (χ2n) is 4.52. The van der Waals surface area contributed by atoms with E-state index in [2.05, 4.69) is 15.2 Å². The van der Waals surface area contributed by atoms with E-state index in [4.69, 9.17) is 4.42 Å². The van der Waals surface area contributed by atoms with Crippen molar-refractivity contribution in [2.24, 2.45) is 0 Å². The number of carbonyl (C=O) groups is 1. The fourth-order valence-electron chi connectivity index (χ4n) is 1.84. The van der Waals surface area contributed by atoms with Crippen LogP contribution < -0.4 is 0 Å². The first-order valence-corrected chi connectivity index (χ1v) is 5.64. The maximum Gasteiger partial charge on any atom is 0.264 e. The van der Waals surface area contributed by atoms with Gasteiger partial charge in [0.15, 0.2) is 6.29 Å². The molecule has 0 saturated carbocycles. The summed E-state index contributed by atoms with van der Waals surface area (Å²) in [6, 6.07) is 0. The molecule has 18 heavy (non-hydrogen) atoms. The molecule has 0 atom stereocenters. The summed E-state index contributed by atoms with van der Waals surface area (Å²) < 4.78 is 5.56. The minimum absolute atomic E-state index is 0.417. The van der Waals surface area contributed by atoms with Crippen molar-refractivity contribution in [2.45, 2.75) is 20.4 Å². The molecule has 0 fully saturated rings. The van der Waals surface area contributed by atoms with Gasteiger partial charge in [-0.2, -0.15) is 0 Å². The van der Waals surface area contributed by atoms with Crippen LogP contribution in [0.5, 0.6) is 0 Å². The van der Waals surface area contributed by atoms with Crippen LogP contribution in [0.15, 0.2) is 4.42 Å². The Balaban J connectivity index is 2.37. The van der Waals surface area contributed by atoms with Crippen molar-refractivity contribution in [2.75, 3.05) is 14.1 Å². The summed E-state index contributed by atoms with van der Waals surface area (Å²) in [4.78, 5) is 16.0. The molecule has 0 radical (unpaired) electrons. The molecule has 1 N–H and O–H groups in total. The molecule has 0 aliphatic carbocycles. The number of carbonyl (C=O) groups excluding carboxylic acids is 1. The van der Waals surface area contributed by atoms with E-state index in [1.54, 1.807) is 0 Å². The molecule has 0 bridgehead atoms. The number of rotatable bonds is 4. The fraction of sp³-hybridized carbons (Fsp3) is 0.417. The summed E-state index contributed by atoms with van der Waals surface area (Å²) in [6.07, 6.45) is 0.835. The normalized spacial score (nSPS) is 11.2. The lowest BCUT2D eigenvalue weighted by atomic mass is 10.1. The average molecular weight is 248 g/mol. The molecule has 6 nitrogen and oxygen atoms in total. The average Bonchev–Trinajstić information content (AvgIpc) is 2.83. The third kappa shape index (κ3) is 2.19. The first kappa shape index (κ1) is 12.5. The summed E-state index contributed by atoms with van der Waals surface area (Å²) in [5.41, 5.74) is 3.01. The standard InChI is InChI=1S/C12H16N4O2/c1-7-9(6-17)8(2)13-11(7)12-15-14-10(18-12)5-16(3)4/h6,13H,5H2,1-4H3. The van der Waals surface area contributed by atoms with Crippen LogP contribution >= 0.6 is 0 Å². The molecule has 0 spiro atoms. The van der Waals surface area contributed by atoms with Crippen LogP contribution in [-0.4, -0.2) is 40.5 Å². The molecule has 0 unspecified atom stereocenters. The molecule has 2 heterocycles. The zero-order chi connectivity index (χ0) is 13.3. The van der Waals surface area contributed by atoms with E-state index in [1.165, 1.54) is 0 Å². The van der Waals surface area contributed by atoms with Crippen LogP contribution in [-0.2, 0) is 6.54 Å². The first-order valence-electron chi connectivity index (χ1n) is 5.64. The largest absolute Gasteiger partial charge is 0.418 e. The Morgan fingerprint density at radius 2 is 2.06 bits per heavy atom. The van der Waals surface area contributed by atoms with Gasteiger partial charge in [-0.3, -0.25) is 4.79 Å². The Morgan fingerprint density at radius 1 is 1.33 bits per heavy atom. The molecular formula is C12H16N4O2. The maximum absolute atomic E-state index is 11.0. The smallest absolute Gasteiger partial charge is 0.264 e. The van der Waals surface area contributed by atoms with Gasteiger partial charge in [-0.05, 0) is 33.5 Å². The predicted octanol–water partition coefficient (Wildman–Crippen LogP) is 1.56. The summed E-state index contributed by atoms with van der Waals surface area (Å²) in [5.74, 6) is 0.967. The van der Waals surface area contributed by atoms with Crippen molar-refractivity contribution in [1.82, 2.24) is 20.1 Å². The molecule has 0 aliphatic rings. The second-order valence-corrected chi connectivity index (χ2v) is 4.52. The van der Waals surface area contributed by atoms with E-state index >= 15 is 0 Å². The zero-order valence-corrected chi connectivity index (χ0v) is 10.9. The summed E-state index contributed by atoms with van der Waals surface area (Å²) >= 11 is 0. The first-order chi connectivity index (χ1) is 8.52. The van der Waals surface area contributed by atoms with Gasteiger partial charge >= 0.3 is 0 Å². The lowest BCUT2D eigenvalue weighted by molar-refractivity contribution is 0.112. The minimum atomic E-state index is 0.417. The van der Waals surface area contributed by atoms with Gasteiger partial charge in [0.1, 0.15) is 5.69 Å². The Kier molecular flexibility index (Phi) is 3.29. The lowest BCUT2D eigenvalue weighted by Gasteiger charge is -2.03. The quantitative estimate of drug-likeness (QED) is 0.831. The highest BCUT2D eigenvalue weighted by Gasteiger charge is 2.17. The highest BCUT2D eigenvalue weighted by molar-refractivity contribution is 5.82. The van der Waals surface area contributed by atoms with Gasteiger partial charge in [-0.1, -0.05) is 0 Å². The summed E-state index contributed by atoms with van der Waals surface area (Å²) in [7, 11) is 3.86. The highest BCUT2D eigenvalue weighted by atomic mass is 16.4. The van der Waals surface area contributed by atoms with Crippen molar-refractivity contribution in [1.29, 1.82) is 0 Å². The van der Waals surface area contributed by atoms with Gasteiger partial charge in [0, 0.05) is 11.3 Å². The number of nitrogens with zero attached hydrogens (tertiary/aromatic N) is 3. The van der Waals surface area contributed by atoms with Gasteiger partial charge in [-0.25, -0.2) is 0 Å². The Morgan fingerprint density at radius 3 is 2.61 bits per heavy atom. The molecule has 2 aromatic rings. The van der Waals surface area contributed by atoms with E-state index in [9.17, 15) is 4.79 Å². The molecule has 0 aliphatic heterocycles. The van der Waals surface area contributed by atoms with E-state index in [-0.39, 0.29) is 0 Å². The van der Waals surface area contributed by atoms with E-state index < -0.39 is 0 Å². The van der Waals surface area contributed by atoms with Gasteiger partial charge < -0.3 is 14.3 Å². The third-order valence-corrected chi connectivity index (χ3v) is 2.75. The maximum atomic E-state index is 11.0. The van der Waals surface area contributed by atoms with Crippen molar-refractivity contribution in [3.05, 3.63) is 22.7 Å². The molecule has 0 amide bonds. The number of aldehydes is 1. The Labute approximate surface area is 105 Å². The number of aryl methyl sites for hydroxylation is 1. The Hall–Kier alpha value is -1.95. The summed E-state index contributed by atoms with van der Waals surface area (Å²) in [6.45, 7) is 4.29. The van der Waals surface area contributed by atoms with Crippen molar-refractivity contribution < 1.29 is 9.21 Å². The molecular weight excluding hydrogens is 232 g/mol. The predicted molar refractivity (Wildman–Crippen MR) is 66.3 cm³/mol. The SMILES string of the molecule is Cc1[nH]c(-c2nnc(CN(C)C)o2)c(C)c1C=O. The van der Waals surface area contributed by atoms with E-state index in [1.807, 2.05) is 32.8 Å². The van der Waals surface area contributed by atoms with Crippen LogP contribution in [0.3, 0.4) is 0 Å². The van der Waals surface area contributed by atoms with Gasteiger partial charge in [0.25, 0.3) is 5.89 Å². The number of hydrogen-bond donors (Lipinski definition) is 1.